The lowest BCUT2D eigenvalue weighted by Gasteiger charge is -2.33. The molecule has 0 N–H and O–H groups in total. The van der Waals surface area contributed by atoms with Crippen molar-refractivity contribution in [2.45, 2.75) is 43.2 Å². The molecule has 0 aliphatic rings. The molecule has 10 heteroatoms. The van der Waals surface area contributed by atoms with Crippen LogP contribution in [0, 0.1) is 0 Å². The lowest BCUT2D eigenvalue weighted by molar-refractivity contribution is -0.396. The molecule has 0 aliphatic carbocycles. The highest BCUT2D eigenvalue weighted by Gasteiger charge is 2.81. The van der Waals surface area contributed by atoms with Gasteiger partial charge in [0.1, 0.15) is 0 Å². The molecule has 0 spiro atoms. The average molecular weight is 402 g/mol. The minimum Gasteiger partial charge on any atom is -0.200 e. The first-order valence-corrected chi connectivity index (χ1v) is 6.10. The second kappa shape index (κ2) is 5.61. The third-order valence-electron chi connectivity index (χ3n) is 2.08. The van der Waals surface area contributed by atoms with Crippen molar-refractivity contribution in [2.75, 3.05) is 4.43 Å². The minimum atomic E-state index is -6.77. The van der Waals surface area contributed by atoms with Crippen molar-refractivity contribution in [3.63, 3.8) is 0 Å². The molecule has 0 atom stereocenters. The Morgan fingerprint density at radius 3 is 1.44 bits per heavy atom. The molecule has 0 aromatic heterocycles. The molecule has 0 radical (unpaired) electrons. The summed E-state index contributed by atoms with van der Waals surface area (Å²) in [6.07, 6.45) is -9.01. The van der Waals surface area contributed by atoms with Gasteiger partial charge in [-0.05, 0) is 17.3 Å². The van der Waals surface area contributed by atoms with Crippen LogP contribution in [0.3, 0.4) is 0 Å². The number of halogens is 10. The molecule has 110 valence electrons. The maximum atomic E-state index is 12.8. The van der Waals surface area contributed by atoms with Crippen LogP contribution in [0.25, 0.3) is 0 Å². The summed E-state index contributed by atoms with van der Waals surface area (Å²) in [5.74, 6) is -18.7. The Morgan fingerprint density at radius 2 is 1.11 bits per heavy atom. The van der Waals surface area contributed by atoms with Gasteiger partial charge >= 0.3 is 23.9 Å². The average Bonchev–Trinajstić information content (AvgIpc) is 2.15. The molecule has 0 unspecified atom stereocenters. The number of rotatable bonds is 6. The van der Waals surface area contributed by atoms with Crippen molar-refractivity contribution in [1.29, 1.82) is 0 Å². The Labute approximate surface area is 110 Å². The topological polar surface area (TPSA) is 0 Å². The van der Waals surface area contributed by atoms with Gasteiger partial charge < -0.3 is 0 Å². The minimum absolute atomic E-state index is 0.0177. The van der Waals surface area contributed by atoms with E-state index in [2.05, 4.69) is 0 Å². The Bertz CT molecular complexity index is 270. The highest BCUT2D eigenvalue weighted by Crippen LogP contribution is 2.54. The summed E-state index contributed by atoms with van der Waals surface area (Å²) in [6, 6.07) is 0. The highest BCUT2D eigenvalue weighted by molar-refractivity contribution is 14.1. The molecule has 0 rings (SSSR count). The van der Waals surface area contributed by atoms with Crippen molar-refractivity contribution in [2.24, 2.45) is 0 Å². The summed E-state index contributed by atoms with van der Waals surface area (Å²) in [7, 11) is 0. The number of hydrogen-bond acceptors (Lipinski definition) is 0. The van der Waals surface area contributed by atoms with Gasteiger partial charge in [0, 0.05) is 6.42 Å². The van der Waals surface area contributed by atoms with Crippen LogP contribution in [0.2, 0.25) is 0 Å². The van der Waals surface area contributed by atoms with E-state index in [4.69, 9.17) is 0 Å². The zero-order valence-corrected chi connectivity index (χ0v) is 10.8. The summed E-state index contributed by atoms with van der Waals surface area (Å²) >= 11 is 1.73. The number of unbranched alkanes of at least 4 members (excludes halogenated alkanes) is 1. The standard InChI is InChI=1S/C8H8F9I/c9-5(10,3-1-2-4-18)6(11,12)7(13,14)8(15,16)17/h1-4H2. The van der Waals surface area contributed by atoms with Crippen LogP contribution in [-0.2, 0) is 0 Å². The first-order chi connectivity index (χ1) is 7.81. The van der Waals surface area contributed by atoms with Crippen molar-refractivity contribution >= 4 is 22.6 Å². The monoisotopic (exact) mass is 402 g/mol. The summed E-state index contributed by atoms with van der Waals surface area (Å²) < 4.78 is 111. The molecule has 0 saturated carbocycles. The Hall–Kier alpha value is 0.1000. The van der Waals surface area contributed by atoms with Crippen molar-refractivity contribution in [3.8, 4) is 0 Å². The van der Waals surface area contributed by atoms with Gasteiger partial charge in [-0.2, -0.15) is 39.5 Å². The second-order valence-corrected chi connectivity index (χ2v) is 4.58. The third kappa shape index (κ3) is 3.35. The van der Waals surface area contributed by atoms with Crippen LogP contribution in [0.15, 0.2) is 0 Å². The normalized spacial score (nSPS) is 15.0. The quantitative estimate of drug-likeness (QED) is 0.252. The van der Waals surface area contributed by atoms with Crippen molar-refractivity contribution in [1.82, 2.24) is 0 Å². The molecule has 18 heavy (non-hydrogen) atoms. The number of hydrogen-bond donors (Lipinski definition) is 0. The fourth-order valence-electron chi connectivity index (χ4n) is 1.01. The predicted molar refractivity (Wildman–Crippen MR) is 53.6 cm³/mol. The van der Waals surface area contributed by atoms with E-state index in [0.717, 1.165) is 0 Å². The zero-order chi connectivity index (χ0) is 14.8. The van der Waals surface area contributed by atoms with Crippen LogP contribution in [0.5, 0.6) is 0 Å². The first-order valence-electron chi connectivity index (χ1n) is 4.57. The Balaban J connectivity index is 5.11. The van der Waals surface area contributed by atoms with E-state index in [-0.39, 0.29) is 6.42 Å². The third-order valence-corrected chi connectivity index (χ3v) is 2.85. The molecule has 0 nitrogen and oxygen atoms in total. The van der Waals surface area contributed by atoms with Gasteiger partial charge in [-0.3, -0.25) is 0 Å². The van der Waals surface area contributed by atoms with E-state index in [1.165, 1.54) is 0 Å². The molecule has 0 aromatic carbocycles. The van der Waals surface area contributed by atoms with Crippen LogP contribution >= 0.6 is 22.6 Å². The summed E-state index contributed by atoms with van der Waals surface area (Å²) in [4.78, 5) is 0. The van der Waals surface area contributed by atoms with Gasteiger partial charge in [-0.25, -0.2) is 0 Å². The summed E-state index contributed by atoms with van der Waals surface area (Å²) in [6.45, 7) is 0. The highest BCUT2D eigenvalue weighted by atomic mass is 127. The van der Waals surface area contributed by atoms with Crippen LogP contribution in [0.4, 0.5) is 39.5 Å². The molecule has 0 aromatic rings. The Kier molecular flexibility index (Phi) is 5.64. The molecule has 0 bridgehead atoms. The van der Waals surface area contributed by atoms with Gasteiger partial charge in [0.2, 0.25) is 0 Å². The number of alkyl halides is 10. The maximum Gasteiger partial charge on any atom is 0.460 e. The van der Waals surface area contributed by atoms with Gasteiger partial charge in [0.25, 0.3) is 0 Å². The van der Waals surface area contributed by atoms with E-state index < -0.39 is 36.8 Å². The maximum absolute atomic E-state index is 12.8. The van der Waals surface area contributed by atoms with Gasteiger partial charge in [-0.15, -0.1) is 0 Å². The van der Waals surface area contributed by atoms with Crippen molar-refractivity contribution in [3.05, 3.63) is 0 Å². The van der Waals surface area contributed by atoms with Crippen LogP contribution < -0.4 is 0 Å². The van der Waals surface area contributed by atoms with Crippen LogP contribution in [0.1, 0.15) is 19.3 Å². The lowest BCUT2D eigenvalue weighted by Crippen LogP contribution is -2.60. The van der Waals surface area contributed by atoms with E-state index in [9.17, 15) is 39.5 Å². The first kappa shape index (κ1) is 18.1. The SMILES string of the molecule is FC(F)(F)C(F)(F)C(F)(F)C(F)(F)CCCCI. The fourth-order valence-corrected chi connectivity index (χ4v) is 1.55. The molecule has 0 amide bonds. The van der Waals surface area contributed by atoms with E-state index >= 15 is 0 Å². The Morgan fingerprint density at radius 1 is 0.667 bits per heavy atom. The van der Waals surface area contributed by atoms with E-state index in [1.807, 2.05) is 0 Å². The largest absolute Gasteiger partial charge is 0.460 e. The fraction of sp³-hybridized carbons (Fsp3) is 1.00. The van der Waals surface area contributed by atoms with Crippen molar-refractivity contribution < 1.29 is 39.5 Å². The summed E-state index contributed by atoms with van der Waals surface area (Å²) in [5, 5.41) is 0. The van der Waals surface area contributed by atoms with E-state index in [1.54, 1.807) is 22.6 Å². The molecule has 0 heterocycles. The van der Waals surface area contributed by atoms with E-state index in [0.29, 0.717) is 4.43 Å². The van der Waals surface area contributed by atoms with Gasteiger partial charge in [-0.1, -0.05) is 22.6 Å². The molecule has 0 saturated heterocycles. The second-order valence-electron chi connectivity index (χ2n) is 3.50. The van der Waals surface area contributed by atoms with Gasteiger partial charge in [0.15, 0.2) is 0 Å². The van der Waals surface area contributed by atoms with Gasteiger partial charge in [0.05, 0.1) is 0 Å². The summed E-state index contributed by atoms with van der Waals surface area (Å²) in [5.41, 5.74) is 0. The van der Waals surface area contributed by atoms with Crippen LogP contribution in [-0.4, -0.2) is 28.4 Å². The molecule has 0 aliphatic heterocycles. The zero-order valence-electron chi connectivity index (χ0n) is 8.61. The molecular weight excluding hydrogens is 394 g/mol. The lowest BCUT2D eigenvalue weighted by atomic mass is 9.99. The predicted octanol–water partition coefficient (Wildman–Crippen LogP) is 5.06. The molecular formula is C8H8F9I. The molecule has 0 fully saturated rings. The smallest absolute Gasteiger partial charge is 0.200 e.